The summed E-state index contributed by atoms with van der Waals surface area (Å²) in [4.78, 5) is 19.2. The van der Waals surface area contributed by atoms with Crippen LogP contribution in [0.15, 0.2) is 48.8 Å². The molecule has 0 atom stereocenters. The molecule has 0 saturated carbocycles. The minimum Gasteiger partial charge on any atom is -0.490 e. The van der Waals surface area contributed by atoms with Gasteiger partial charge in [-0.05, 0) is 43.2 Å². The number of rotatable bonds is 3. The van der Waals surface area contributed by atoms with Crippen LogP contribution in [0.25, 0.3) is 5.65 Å². The Labute approximate surface area is 153 Å². The fraction of sp³-hybridized carbons (Fsp3) is 0.333. The quantitative estimate of drug-likeness (QED) is 0.725. The number of nitrogens with zero attached hydrogens (tertiary/aromatic N) is 3. The van der Waals surface area contributed by atoms with Gasteiger partial charge in [0.15, 0.2) is 0 Å². The van der Waals surface area contributed by atoms with Gasteiger partial charge in [0.1, 0.15) is 23.2 Å². The first kappa shape index (κ1) is 16.6. The zero-order valence-corrected chi connectivity index (χ0v) is 15.2. The SMILES string of the molecule is Cc1ccn2cc(C(=O)N3CCC(Oc4ccccc4C)CC3)nc2c1. The van der Waals surface area contributed by atoms with E-state index in [4.69, 9.17) is 4.74 Å². The van der Waals surface area contributed by atoms with Crippen molar-refractivity contribution in [3.63, 3.8) is 0 Å². The predicted molar refractivity (Wildman–Crippen MR) is 101 cm³/mol. The molecule has 0 spiro atoms. The van der Waals surface area contributed by atoms with E-state index < -0.39 is 0 Å². The number of hydrogen-bond donors (Lipinski definition) is 0. The molecule has 2 aromatic heterocycles. The lowest BCUT2D eigenvalue weighted by Crippen LogP contribution is -2.42. The van der Waals surface area contributed by atoms with Crippen molar-refractivity contribution in [1.29, 1.82) is 0 Å². The number of para-hydroxylation sites is 1. The number of fused-ring (bicyclic) bond motifs is 1. The van der Waals surface area contributed by atoms with Gasteiger partial charge < -0.3 is 14.0 Å². The summed E-state index contributed by atoms with van der Waals surface area (Å²) in [5, 5.41) is 0. The lowest BCUT2D eigenvalue weighted by molar-refractivity contribution is 0.0589. The van der Waals surface area contributed by atoms with E-state index in [0.717, 1.165) is 35.4 Å². The monoisotopic (exact) mass is 349 g/mol. The lowest BCUT2D eigenvalue weighted by atomic mass is 10.1. The van der Waals surface area contributed by atoms with Crippen LogP contribution in [0.1, 0.15) is 34.5 Å². The second-order valence-electron chi connectivity index (χ2n) is 6.97. The second kappa shape index (κ2) is 6.83. The first-order valence-corrected chi connectivity index (χ1v) is 9.07. The van der Waals surface area contributed by atoms with Crippen LogP contribution in [0.5, 0.6) is 5.75 Å². The lowest BCUT2D eigenvalue weighted by Gasteiger charge is -2.32. The third-order valence-corrected chi connectivity index (χ3v) is 4.95. The van der Waals surface area contributed by atoms with Crippen LogP contribution in [0.2, 0.25) is 0 Å². The zero-order chi connectivity index (χ0) is 18.1. The van der Waals surface area contributed by atoms with E-state index in [0.29, 0.717) is 18.8 Å². The van der Waals surface area contributed by atoms with Crippen LogP contribution in [0.3, 0.4) is 0 Å². The predicted octanol–water partition coefficient (Wildman–Crippen LogP) is 3.63. The van der Waals surface area contributed by atoms with Gasteiger partial charge in [0, 0.05) is 38.3 Å². The Balaban J connectivity index is 1.40. The summed E-state index contributed by atoms with van der Waals surface area (Å²) in [6, 6.07) is 12.1. The highest BCUT2D eigenvalue weighted by Crippen LogP contribution is 2.23. The van der Waals surface area contributed by atoms with Crippen molar-refractivity contribution in [1.82, 2.24) is 14.3 Å². The summed E-state index contributed by atoms with van der Waals surface area (Å²) in [5.41, 5.74) is 3.60. The first-order valence-electron chi connectivity index (χ1n) is 9.07. The van der Waals surface area contributed by atoms with Crippen LogP contribution in [-0.4, -0.2) is 39.4 Å². The number of ether oxygens (including phenoxy) is 1. The molecule has 1 amide bonds. The van der Waals surface area contributed by atoms with Crippen LogP contribution < -0.4 is 4.74 Å². The number of piperidine rings is 1. The number of pyridine rings is 1. The number of carbonyl (C=O) groups is 1. The zero-order valence-electron chi connectivity index (χ0n) is 15.2. The van der Waals surface area contributed by atoms with E-state index in [1.807, 2.05) is 58.9 Å². The molecule has 3 aromatic rings. The van der Waals surface area contributed by atoms with Crippen molar-refractivity contribution in [2.75, 3.05) is 13.1 Å². The minimum atomic E-state index is 0.000643. The number of benzene rings is 1. The molecule has 1 saturated heterocycles. The van der Waals surface area contributed by atoms with Crippen LogP contribution in [0, 0.1) is 13.8 Å². The van der Waals surface area contributed by atoms with Gasteiger partial charge >= 0.3 is 0 Å². The van der Waals surface area contributed by atoms with E-state index in [9.17, 15) is 4.79 Å². The van der Waals surface area contributed by atoms with Gasteiger partial charge in [-0.25, -0.2) is 4.98 Å². The molecule has 5 nitrogen and oxygen atoms in total. The summed E-state index contributed by atoms with van der Waals surface area (Å²) in [5.74, 6) is 0.939. The highest BCUT2D eigenvalue weighted by atomic mass is 16.5. The van der Waals surface area contributed by atoms with E-state index in [-0.39, 0.29) is 12.0 Å². The second-order valence-corrected chi connectivity index (χ2v) is 6.97. The van der Waals surface area contributed by atoms with Gasteiger partial charge in [-0.3, -0.25) is 4.79 Å². The molecule has 0 radical (unpaired) electrons. The topological polar surface area (TPSA) is 46.8 Å². The molecule has 1 aromatic carbocycles. The van der Waals surface area contributed by atoms with Gasteiger partial charge in [-0.1, -0.05) is 18.2 Å². The Morgan fingerprint density at radius 2 is 1.92 bits per heavy atom. The van der Waals surface area contributed by atoms with Crippen LogP contribution in [0.4, 0.5) is 0 Å². The molecule has 3 heterocycles. The molecular formula is C21H23N3O2. The number of aromatic nitrogens is 2. The molecule has 5 heteroatoms. The molecule has 0 N–H and O–H groups in total. The minimum absolute atomic E-state index is 0.000643. The Kier molecular flexibility index (Phi) is 4.37. The van der Waals surface area contributed by atoms with Gasteiger partial charge in [-0.15, -0.1) is 0 Å². The number of likely N-dealkylation sites (tertiary alicyclic amines) is 1. The number of carbonyl (C=O) groups excluding carboxylic acids is 1. The van der Waals surface area contributed by atoms with Crippen LogP contribution in [-0.2, 0) is 0 Å². The number of amides is 1. The summed E-state index contributed by atoms with van der Waals surface area (Å²) < 4.78 is 8.02. The summed E-state index contributed by atoms with van der Waals surface area (Å²) in [6.07, 6.45) is 5.59. The maximum atomic E-state index is 12.8. The van der Waals surface area contributed by atoms with Gasteiger partial charge in [0.25, 0.3) is 5.91 Å². The number of imidazole rings is 1. The smallest absolute Gasteiger partial charge is 0.274 e. The van der Waals surface area contributed by atoms with E-state index in [1.165, 1.54) is 0 Å². The van der Waals surface area contributed by atoms with E-state index in [1.54, 1.807) is 0 Å². The van der Waals surface area contributed by atoms with Crippen molar-refractivity contribution in [3.05, 3.63) is 65.6 Å². The largest absolute Gasteiger partial charge is 0.490 e. The van der Waals surface area contributed by atoms with E-state index >= 15 is 0 Å². The Morgan fingerprint density at radius 1 is 1.15 bits per heavy atom. The average molecular weight is 349 g/mol. The molecule has 1 aliphatic rings. The average Bonchev–Trinajstić information content (AvgIpc) is 3.07. The maximum Gasteiger partial charge on any atom is 0.274 e. The molecule has 0 aliphatic carbocycles. The fourth-order valence-electron chi connectivity index (χ4n) is 3.39. The van der Waals surface area contributed by atoms with Gasteiger partial charge in [0.2, 0.25) is 0 Å². The van der Waals surface area contributed by atoms with Crippen molar-refractivity contribution in [2.24, 2.45) is 0 Å². The third kappa shape index (κ3) is 3.29. The Morgan fingerprint density at radius 3 is 2.69 bits per heavy atom. The Bertz CT molecular complexity index is 939. The van der Waals surface area contributed by atoms with Gasteiger partial charge in [-0.2, -0.15) is 0 Å². The van der Waals surface area contributed by atoms with Crippen molar-refractivity contribution in [3.8, 4) is 5.75 Å². The molecule has 134 valence electrons. The van der Waals surface area contributed by atoms with Crippen molar-refractivity contribution in [2.45, 2.75) is 32.8 Å². The summed E-state index contributed by atoms with van der Waals surface area (Å²) in [7, 11) is 0. The molecule has 4 rings (SSSR count). The molecule has 26 heavy (non-hydrogen) atoms. The molecule has 1 fully saturated rings. The third-order valence-electron chi connectivity index (χ3n) is 4.95. The standard InChI is InChI=1S/C21H23N3O2/c1-15-7-10-24-14-18(22-20(24)13-15)21(25)23-11-8-17(9-12-23)26-19-6-4-3-5-16(19)2/h3-7,10,13-14,17H,8-9,11-12H2,1-2H3. The van der Waals surface area contributed by atoms with Crippen molar-refractivity contribution >= 4 is 11.6 Å². The van der Waals surface area contributed by atoms with Crippen LogP contribution >= 0.6 is 0 Å². The Hall–Kier alpha value is -2.82. The summed E-state index contributed by atoms with van der Waals surface area (Å²) in [6.45, 7) is 5.47. The fourth-order valence-corrected chi connectivity index (χ4v) is 3.39. The highest BCUT2D eigenvalue weighted by Gasteiger charge is 2.26. The molecule has 0 unspecified atom stereocenters. The molecular weight excluding hydrogens is 326 g/mol. The maximum absolute atomic E-state index is 12.8. The normalized spacial score (nSPS) is 15.4. The first-order chi connectivity index (χ1) is 12.6. The number of hydrogen-bond acceptors (Lipinski definition) is 3. The van der Waals surface area contributed by atoms with Gasteiger partial charge in [0.05, 0.1) is 0 Å². The molecule has 0 bridgehead atoms. The van der Waals surface area contributed by atoms with Crippen molar-refractivity contribution < 1.29 is 9.53 Å². The van der Waals surface area contributed by atoms with E-state index in [2.05, 4.69) is 18.0 Å². The molecule has 1 aliphatic heterocycles. The highest BCUT2D eigenvalue weighted by molar-refractivity contribution is 5.93. The summed E-state index contributed by atoms with van der Waals surface area (Å²) >= 11 is 0. The number of aryl methyl sites for hydroxylation is 2.